The topological polar surface area (TPSA) is 24.9 Å². The van der Waals surface area contributed by atoms with E-state index in [1.54, 1.807) is 0 Å². The molecule has 2 heterocycles. The molecule has 1 N–H and O–H groups in total. The predicted octanol–water partition coefficient (Wildman–Crippen LogP) is 2.42. The second kappa shape index (κ2) is 4.41. The molecular formula is C11H18N2S. The fourth-order valence-corrected chi connectivity index (χ4v) is 2.86. The lowest BCUT2D eigenvalue weighted by atomic mass is 10.1. The molecule has 3 heteroatoms. The predicted molar refractivity (Wildman–Crippen MR) is 60.9 cm³/mol. The zero-order valence-electron chi connectivity index (χ0n) is 8.92. The van der Waals surface area contributed by atoms with Crippen molar-refractivity contribution in [3.8, 4) is 0 Å². The van der Waals surface area contributed by atoms with Crippen molar-refractivity contribution in [1.29, 1.82) is 0 Å². The molecule has 1 aliphatic rings. The Kier molecular flexibility index (Phi) is 3.19. The summed E-state index contributed by atoms with van der Waals surface area (Å²) in [5.74, 6) is 1.40. The smallest absolute Gasteiger partial charge is 0.0972 e. The van der Waals surface area contributed by atoms with Crippen molar-refractivity contribution in [1.82, 2.24) is 10.3 Å². The van der Waals surface area contributed by atoms with Gasteiger partial charge in [0, 0.05) is 17.8 Å². The molecule has 1 atom stereocenters. The van der Waals surface area contributed by atoms with E-state index in [0.29, 0.717) is 11.8 Å². The Morgan fingerprint density at radius 1 is 1.64 bits per heavy atom. The Morgan fingerprint density at radius 3 is 3.14 bits per heavy atom. The number of nitrogens with zero attached hydrogens (tertiary/aromatic N) is 1. The minimum absolute atomic E-state index is 0.681. The van der Waals surface area contributed by atoms with Gasteiger partial charge in [-0.05, 0) is 25.3 Å². The summed E-state index contributed by atoms with van der Waals surface area (Å²) in [5, 5.41) is 6.96. The number of thiazole rings is 1. The molecule has 1 saturated heterocycles. The molecule has 1 aromatic rings. The van der Waals surface area contributed by atoms with Crippen LogP contribution in [0.5, 0.6) is 0 Å². The molecule has 0 radical (unpaired) electrons. The second-order valence-electron chi connectivity index (χ2n) is 4.46. The summed E-state index contributed by atoms with van der Waals surface area (Å²) in [6.07, 6.45) is 2.38. The summed E-state index contributed by atoms with van der Waals surface area (Å²) in [6, 6.07) is 0. The molecule has 2 rings (SSSR count). The lowest BCUT2D eigenvalue weighted by Gasteiger charge is -2.03. The maximum Gasteiger partial charge on any atom is 0.0972 e. The molecule has 0 amide bonds. The van der Waals surface area contributed by atoms with Gasteiger partial charge in [0.25, 0.3) is 0 Å². The van der Waals surface area contributed by atoms with Crippen molar-refractivity contribution in [3.63, 3.8) is 0 Å². The van der Waals surface area contributed by atoms with Gasteiger partial charge < -0.3 is 5.32 Å². The van der Waals surface area contributed by atoms with E-state index in [9.17, 15) is 0 Å². The van der Waals surface area contributed by atoms with Crippen molar-refractivity contribution < 1.29 is 0 Å². The van der Waals surface area contributed by atoms with Crippen LogP contribution in [-0.4, -0.2) is 18.1 Å². The van der Waals surface area contributed by atoms with Gasteiger partial charge in [-0.2, -0.15) is 0 Å². The van der Waals surface area contributed by atoms with Crippen LogP contribution in [0.4, 0.5) is 0 Å². The van der Waals surface area contributed by atoms with Gasteiger partial charge in [0.2, 0.25) is 0 Å². The highest BCUT2D eigenvalue weighted by molar-refractivity contribution is 7.09. The molecule has 1 aromatic heterocycles. The van der Waals surface area contributed by atoms with E-state index >= 15 is 0 Å². The summed E-state index contributed by atoms with van der Waals surface area (Å²) < 4.78 is 0. The molecule has 2 nitrogen and oxygen atoms in total. The minimum Gasteiger partial charge on any atom is -0.316 e. The number of nitrogens with one attached hydrogen (secondary N) is 1. The van der Waals surface area contributed by atoms with Crippen molar-refractivity contribution in [2.45, 2.75) is 32.6 Å². The maximum atomic E-state index is 4.71. The number of aromatic nitrogens is 1. The van der Waals surface area contributed by atoms with Crippen molar-refractivity contribution in [2.24, 2.45) is 5.92 Å². The standard InChI is InChI=1S/C11H18N2S/c1-8(2)5-10-7-14-11(13-10)9-3-4-12-6-9/h7-9,12H,3-6H2,1-2H3. The highest BCUT2D eigenvalue weighted by atomic mass is 32.1. The number of hydrogen-bond acceptors (Lipinski definition) is 3. The molecule has 0 bridgehead atoms. The van der Waals surface area contributed by atoms with Crippen molar-refractivity contribution >= 4 is 11.3 Å². The Hall–Kier alpha value is -0.410. The van der Waals surface area contributed by atoms with Crippen LogP contribution in [0.15, 0.2) is 5.38 Å². The molecule has 0 saturated carbocycles. The van der Waals surface area contributed by atoms with Gasteiger partial charge in [-0.25, -0.2) is 4.98 Å². The molecule has 1 aliphatic heterocycles. The molecule has 14 heavy (non-hydrogen) atoms. The van der Waals surface area contributed by atoms with E-state index in [4.69, 9.17) is 4.98 Å². The monoisotopic (exact) mass is 210 g/mol. The highest BCUT2D eigenvalue weighted by Crippen LogP contribution is 2.26. The lowest BCUT2D eigenvalue weighted by Crippen LogP contribution is -2.07. The Balaban J connectivity index is 2.01. The fraction of sp³-hybridized carbons (Fsp3) is 0.727. The fourth-order valence-electron chi connectivity index (χ4n) is 1.89. The third-order valence-electron chi connectivity index (χ3n) is 2.60. The minimum atomic E-state index is 0.681. The Labute approximate surface area is 89.8 Å². The van der Waals surface area contributed by atoms with Crippen LogP contribution >= 0.6 is 11.3 Å². The van der Waals surface area contributed by atoms with Crippen LogP contribution in [0.25, 0.3) is 0 Å². The van der Waals surface area contributed by atoms with E-state index in [-0.39, 0.29) is 0 Å². The Morgan fingerprint density at radius 2 is 2.50 bits per heavy atom. The van der Waals surface area contributed by atoms with Crippen LogP contribution in [0, 0.1) is 5.92 Å². The molecule has 78 valence electrons. The third-order valence-corrected chi connectivity index (χ3v) is 3.65. The summed E-state index contributed by atoms with van der Waals surface area (Å²) in [5.41, 5.74) is 1.28. The van der Waals surface area contributed by atoms with Gasteiger partial charge in [0.1, 0.15) is 0 Å². The van der Waals surface area contributed by atoms with Gasteiger partial charge in [0.05, 0.1) is 10.7 Å². The molecule has 0 aliphatic carbocycles. The normalized spacial score (nSPS) is 22.1. The maximum absolute atomic E-state index is 4.71. The van der Waals surface area contributed by atoms with E-state index in [1.807, 2.05) is 11.3 Å². The zero-order chi connectivity index (χ0) is 9.97. The van der Waals surface area contributed by atoms with Crippen LogP contribution in [-0.2, 0) is 6.42 Å². The molecular weight excluding hydrogens is 192 g/mol. The van der Waals surface area contributed by atoms with E-state index in [0.717, 1.165) is 19.5 Å². The molecule has 0 spiro atoms. The van der Waals surface area contributed by atoms with Crippen molar-refractivity contribution in [2.75, 3.05) is 13.1 Å². The molecule has 1 unspecified atom stereocenters. The average molecular weight is 210 g/mol. The number of hydrogen-bond donors (Lipinski definition) is 1. The SMILES string of the molecule is CC(C)Cc1csc(C2CCNC2)n1. The summed E-state index contributed by atoms with van der Waals surface area (Å²) in [4.78, 5) is 4.71. The van der Waals surface area contributed by atoms with E-state index in [2.05, 4.69) is 24.5 Å². The van der Waals surface area contributed by atoms with Crippen LogP contribution < -0.4 is 5.32 Å². The summed E-state index contributed by atoms with van der Waals surface area (Å²) >= 11 is 1.84. The average Bonchev–Trinajstić information content (AvgIpc) is 2.69. The van der Waals surface area contributed by atoms with E-state index < -0.39 is 0 Å². The summed E-state index contributed by atoms with van der Waals surface area (Å²) in [6.45, 7) is 6.77. The lowest BCUT2D eigenvalue weighted by molar-refractivity contribution is 0.633. The van der Waals surface area contributed by atoms with Gasteiger partial charge in [0.15, 0.2) is 0 Å². The zero-order valence-corrected chi connectivity index (χ0v) is 9.73. The first-order chi connectivity index (χ1) is 6.75. The summed E-state index contributed by atoms with van der Waals surface area (Å²) in [7, 11) is 0. The largest absolute Gasteiger partial charge is 0.316 e. The van der Waals surface area contributed by atoms with Crippen molar-refractivity contribution in [3.05, 3.63) is 16.1 Å². The van der Waals surface area contributed by atoms with Crippen LogP contribution in [0.1, 0.15) is 36.9 Å². The van der Waals surface area contributed by atoms with Crippen LogP contribution in [0.2, 0.25) is 0 Å². The second-order valence-corrected chi connectivity index (χ2v) is 5.35. The number of rotatable bonds is 3. The van der Waals surface area contributed by atoms with E-state index in [1.165, 1.54) is 17.1 Å². The first-order valence-electron chi connectivity index (χ1n) is 5.40. The quantitative estimate of drug-likeness (QED) is 0.828. The highest BCUT2D eigenvalue weighted by Gasteiger charge is 2.19. The van der Waals surface area contributed by atoms with Crippen LogP contribution in [0.3, 0.4) is 0 Å². The van der Waals surface area contributed by atoms with Gasteiger partial charge in [-0.3, -0.25) is 0 Å². The van der Waals surface area contributed by atoms with Gasteiger partial charge in [-0.1, -0.05) is 13.8 Å². The first kappa shape index (κ1) is 10.1. The molecule has 0 aromatic carbocycles. The first-order valence-corrected chi connectivity index (χ1v) is 6.28. The third kappa shape index (κ3) is 2.34. The van der Waals surface area contributed by atoms with Gasteiger partial charge >= 0.3 is 0 Å². The van der Waals surface area contributed by atoms with Gasteiger partial charge in [-0.15, -0.1) is 11.3 Å². The molecule has 1 fully saturated rings. The Bertz CT molecular complexity index is 287.